The number of nitrogens with zero attached hydrogens (tertiary/aromatic N) is 2. The van der Waals surface area contributed by atoms with E-state index in [9.17, 15) is 4.79 Å². The predicted molar refractivity (Wildman–Crippen MR) is 133 cm³/mol. The van der Waals surface area contributed by atoms with Crippen molar-refractivity contribution in [3.63, 3.8) is 0 Å². The largest absolute Gasteiger partial charge is 0.493 e. The molecule has 1 atom stereocenters. The fourth-order valence-corrected chi connectivity index (χ4v) is 5.53. The van der Waals surface area contributed by atoms with E-state index in [2.05, 4.69) is 23.5 Å². The minimum Gasteiger partial charge on any atom is -0.493 e. The fourth-order valence-electron chi connectivity index (χ4n) is 5.53. The molecule has 1 aromatic heterocycles. The van der Waals surface area contributed by atoms with Gasteiger partial charge >= 0.3 is 0 Å². The SMILES string of the molecule is CN(C)c1c(C(=O)NC2CCOc3ccccc32)cnc2c(C3CCCCCC3)cccc12. The molecule has 3 aromatic rings. The molecule has 0 spiro atoms. The summed E-state index contributed by atoms with van der Waals surface area (Å²) >= 11 is 0. The Hall–Kier alpha value is -3.08. The van der Waals surface area contributed by atoms with Crippen molar-refractivity contribution in [3.05, 3.63) is 65.4 Å². The fraction of sp³-hybridized carbons (Fsp3) is 0.429. The van der Waals surface area contributed by atoms with Crippen LogP contribution < -0.4 is 15.0 Å². The van der Waals surface area contributed by atoms with Crippen molar-refractivity contribution >= 4 is 22.5 Å². The van der Waals surface area contributed by atoms with Gasteiger partial charge in [0.2, 0.25) is 0 Å². The van der Waals surface area contributed by atoms with Crippen molar-refractivity contribution in [1.29, 1.82) is 0 Å². The molecule has 2 aliphatic rings. The summed E-state index contributed by atoms with van der Waals surface area (Å²) in [6, 6.07) is 14.4. The normalized spacial score (nSPS) is 18.8. The average Bonchev–Trinajstić information content (AvgIpc) is 3.12. The highest BCUT2D eigenvalue weighted by Gasteiger charge is 2.26. The molecule has 5 rings (SSSR count). The molecule has 0 bridgehead atoms. The Kier molecular flexibility index (Phi) is 6.21. The van der Waals surface area contributed by atoms with E-state index in [1.165, 1.54) is 44.1 Å². The van der Waals surface area contributed by atoms with Crippen LogP contribution in [0.1, 0.15) is 78.4 Å². The van der Waals surface area contributed by atoms with Crippen LogP contribution in [0.15, 0.2) is 48.7 Å². The van der Waals surface area contributed by atoms with E-state index < -0.39 is 0 Å². The summed E-state index contributed by atoms with van der Waals surface area (Å²) in [6.07, 6.45) is 10.2. The first-order chi connectivity index (χ1) is 16.1. The molecule has 1 N–H and O–H groups in total. The van der Waals surface area contributed by atoms with Gasteiger partial charge in [0.15, 0.2) is 0 Å². The molecular weight excluding hydrogens is 410 g/mol. The molecule has 1 aliphatic carbocycles. The number of ether oxygens (including phenoxy) is 1. The van der Waals surface area contributed by atoms with Crippen LogP contribution in [-0.2, 0) is 0 Å². The lowest BCUT2D eigenvalue weighted by Gasteiger charge is -2.28. The van der Waals surface area contributed by atoms with Crippen molar-refractivity contribution in [2.75, 3.05) is 25.6 Å². The molecule has 2 heterocycles. The maximum atomic E-state index is 13.5. The lowest BCUT2D eigenvalue weighted by Crippen LogP contribution is -2.33. The minimum atomic E-state index is -0.0883. The number of carbonyl (C=O) groups is 1. The van der Waals surface area contributed by atoms with E-state index in [0.717, 1.165) is 34.3 Å². The standard InChI is InChI=1S/C28H33N3O2/c1-31(2)27-22-14-9-13-20(19-10-5-3-4-6-11-19)26(22)29-18-23(27)28(32)30-24-16-17-33-25-15-8-7-12-21(24)25/h7-9,12-15,18-19,24H,3-6,10-11,16-17H2,1-2H3,(H,30,32). The molecule has 1 saturated carbocycles. The maximum Gasteiger partial charge on any atom is 0.255 e. The van der Waals surface area contributed by atoms with Gasteiger partial charge in [-0.3, -0.25) is 9.78 Å². The third-order valence-electron chi connectivity index (χ3n) is 7.15. The lowest BCUT2D eigenvalue weighted by molar-refractivity contribution is 0.0925. The topological polar surface area (TPSA) is 54.5 Å². The summed E-state index contributed by atoms with van der Waals surface area (Å²) < 4.78 is 5.77. The highest BCUT2D eigenvalue weighted by atomic mass is 16.5. The number of para-hydroxylation sites is 2. The third kappa shape index (κ3) is 4.29. The summed E-state index contributed by atoms with van der Waals surface area (Å²) in [5.41, 5.74) is 4.97. The van der Waals surface area contributed by atoms with E-state index in [0.29, 0.717) is 18.1 Å². The quantitative estimate of drug-likeness (QED) is 0.503. The summed E-state index contributed by atoms with van der Waals surface area (Å²) in [5, 5.41) is 4.31. The number of benzene rings is 2. The average molecular weight is 444 g/mol. The first kappa shape index (κ1) is 21.7. The molecule has 0 radical (unpaired) electrons. The number of carbonyl (C=O) groups excluding carboxylic acids is 1. The first-order valence-electron chi connectivity index (χ1n) is 12.2. The number of hydrogen-bond acceptors (Lipinski definition) is 4. The Morgan fingerprint density at radius 2 is 1.73 bits per heavy atom. The molecule has 172 valence electrons. The van der Waals surface area contributed by atoms with E-state index in [1.807, 2.05) is 43.3 Å². The molecule has 5 heteroatoms. The van der Waals surface area contributed by atoms with Gasteiger partial charge in [-0.2, -0.15) is 0 Å². The summed E-state index contributed by atoms with van der Waals surface area (Å²) in [6.45, 7) is 0.600. The minimum absolute atomic E-state index is 0.0644. The van der Waals surface area contributed by atoms with E-state index in [4.69, 9.17) is 9.72 Å². The van der Waals surface area contributed by atoms with Crippen LogP contribution in [0, 0.1) is 0 Å². The van der Waals surface area contributed by atoms with E-state index in [-0.39, 0.29) is 11.9 Å². The Bertz CT molecular complexity index is 1150. The van der Waals surface area contributed by atoms with Gasteiger partial charge in [-0.05, 0) is 30.4 Å². The van der Waals surface area contributed by atoms with Gasteiger partial charge in [0.05, 0.1) is 29.4 Å². The lowest BCUT2D eigenvalue weighted by atomic mass is 9.89. The zero-order valence-corrected chi connectivity index (χ0v) is 19.6. The molecular formula is C28H33N3O2. The molecule has 5 nitrogen and oxygen atoms in total. The van der Waals surface area contributed by atoms with Crippen molar-refractivity contribution in [3.8, 4) is 5.75 Å². The van der Waals surface area contributed by atoms with Gasteiger partial charge in [-0.25, -0.2) is 0 Å². The highest BCUT2D eigenvalue weighted by Crippen LogP contribution is 2.38. The van der Waals surface area contributed by atoms with Crippen LogP contribution in [0.5, 0.6) is 5.75 Å². The van der Waals surface area contributed by atoms with Crippen LogP contribution in [0.2, 0.25) is 0 Å². The van der Waals surface area contributed by atoms with Gasteiger partial charge < -0.3 is 15.0 Å². The number of pyridine rings is 1. The summed E-state index contributed by atoms with van der Waals surface area (Å²) in [4.78, 5) is 20.4. The monoisotopic (exact) mass is 443 g/mol. The Morgan fingerprint density at radius 3 is 2.52 bits per heavy atom. The van der Waals surface area contributed by atoms with Gasteiger partial charge in [-0.1, -0.05) is 62.1 Å². The molecule has 1 unspecified atom stereocenters. The van der Waals surface area contributed by atoms with Gasteiger partial charge in [0, 0.05) is 37.7 Å². The molecule has 1 amide bonds. The number of aromatic nitrogens is 1. The number of nitrogens with one attached hydrogen (secondary N) is 1. The van der Waals surface area contributed by atoms with Gasteiger partial charge in [-0.15, -0.1) is 0 Å². The van der Waals surface area contributed by atoms with E-state index >= 15 is 0 Å². The number of rotatable bonds is 4. The van der Waals surface area contributed by atoms with Crippen LogP contribution in [-0.4, -0.2) is 31.6 Å². The zero-order chi connectivity index (χ0) is 22.8. The maximum absolute atomic E-state index is 13.5. The van der Waals surface area contributed by atoms with Crippen LogP contribution >= 0.6 is 0 Å². The number of amides is 1. The van der Waals surface area contributed by atoms with Crippen LogP contribution in [0.25, 0.3) is 10.9 Å². The van der Waals surface area contributed by atoms with Crippen molar-refractivity contribution in [2.24, 2.45) is 0 Å². The van der Waals surface area contributed by atoms with Gasteiger partial charge in [0.1, 0.15) is 5.75 Å². The second kappa shape index (κ2) is 9.42. The molecule has 33 heavy (non-hydrogen) atoms. The molecule has 0 saturated heterocycles. The Labute approximate surface area is 196 Å². The first-order valence-corrected chi connectivity index (χ1v) is 12.2. The van der Waals surface area contributed by atoms with Crippen molar-refractivity contribution in [2.45, 2.75) is 56.9 Å². The Morgan fingerprint density at radius 1 is 0.970 bits per heavy atom. The Balaban J connectivity index is 1.51. The number of anilines is 1. The van der Waals surface area contributed by atoms with Crippen LogP contribution in [0.4, 0.5) is 5.69 Å². The van der Waals surface area contributed by atoms with Gasteiger partial charge in [0.25, 0.3) is 5.91 Å². The highest BCUT2D eigenvalue weighted by molar-refractivity contribution is 6.08. The third-order valence-corrected chi connectivity index (χ3v) is 7.15. The molecule has 1 aliphatic heterocycles. The van der Waals surface area contributed by atoms with Crippen LogP contribution in [0.3, 0.4) is 0 Å². The summed E-state index contributed by atoms with van der Waals surface area (Å²) in [7, 11) is 4.02. The number of fused-ring (bicyclic) bond motifs is 2. The zero-order valence-electron chi connectivity index (χ0n) is 19.6. The second-order valence-corrected chi connectivity index (χ2v) is 9.55. The molecule has 2 aromatic carbocycles. The van der Waals surface area contributed by atoms with Crippen molar-refractivity contribution in [1.82, 2.24) is 10.3 Å². The summed E-state index contributed by atoms with van der Waals surface area (Å²) in [5.74, 6) is 1.32. The van der Waals surface area contributed by atoms with E-state index in [1.54, 1.807) is 6.20 Å². The second-order valence-electron chi connectivity index (χ2n) is 9.55. The van der Waals surface area contributed by atoms with Crippen molar-refractivity contribution < 1.29 is 9.53 Å². The molecule has 1 fully saturated rings. The number of hydrogen-bond donors (Lipinski definition) is 1. The smallest absolute Gasteiger partial charge is 0.255 e. The predicted octanol–water partition coefficient (Wildman–Crippen LogP) is 5.99.